The summed E-state index contributed by atoms with van der Waals surface area (Å²) < 4.78 is 5.81. The molecule has 0 unspecified atom stereocenters. The Labute approximate surface area is 120 Å². The third kappa shape index (κ3) is 3.38. The van der Waals surface area contributed by atoms with E-state index in [-0.39, 0.29) is 0 Å². The Morgan fingerprint density at radius 2 is 1.70 bits per heavy atom. The summed E-state index contributed by atoms with van der Waals surface area (Å²) in [7, 11) is 0. The third-order valence-electron chi connectivity index (χ3n) is 4.00. The predicted octanol–water partition coefficient (Wildman–Crippen LogP) is 4.71. The Bertz CT molecular complexity index is 532. The second-order valence-corrected chi connectivity index (χ2v) is 5.51. The van der Waals surface area contributed by atoms with Crippen LogP contribution in [0.5, 0.6) is 5.88 Å². The zero-order valence-electron chi connectivity index (χ0n) is 11.8. The first-order valence-electron chi connectivity index (χ1n) is 7.55. The Morgan fingerprint density at radius 3 is 2.50 bits per heavy atom. The summed E-state index contributed by atoms with van der Waals surface area (Å²) in [6.45, 7) is 0.585. The van der Waals surface area contributed by atoms with Gasteiger partial charge in [0.25, 0.3) is 0 Å². The van der Waals surface area contributed by atoms with Gasteiger partial charge in [0.15, 0.2) is 0 Å². The molecule has 1 saturated carbocycles. The van der Waals surface area contributed by atoms with E-state index in [9.17, 15) is 0 Å². The predicted molar refractivity (Wildman–Crippen MR) is 80.8 cm³/mol. The minimum atomic E-state index is 0.585. The average molecular weight is 267 g/mol. The van der Waals surface area contributed by atoms with Gasteiger partial charge in [-0.3, -0.25) is 0 Å². The second-order valence-electron chi connectivity index (χ2n) is 5.51. The highest BCUT2D eigenvalue weighted by atomic mass is 16.5. The first kappa shape index (κ1) is 13.2. The molecule has 1 aromatic carbocycles. The number of nitrogens with zero attached hydrogens (tertiary/aromatic N) is 1. The Balaban J connectivity index is 1.65. The van der Waals surface area contributed by atoms with Crippen LogP contribution in [0.25, 0.3) is 0 Å². The molecule has 0 aliphatic heterocycles. The van der Waals surface area contributed by atoms with Crippen molar-refractivity contribution >= 4 is 0 Å². The van der Waals surface area contributed by atoms with Gasteiger partial charge >= 0.3 is 0 Å². The molecule has 3 rings (SSSR count). The van der Waals surface area contributed by atoms with E-state index in [1.165, 1.54) is 43.4 Å². The number of rotatable bonds is 4. The van der Waals surface area contributed by atoms with Gasteiger partial charge in [0.1, 0.15) is 6.61 Å². The van der Waals surface area contributed by atoms with Crippen molar-refractivity contribution in [1.82, 2.24) is 4.98 Å². The van der Waals surface area contributed by atoms with E-state index in [0.29, 0.717) is 12.5 Å². The monoisotopic (exact) mass is 267 g/mol. The molecule has 20 heavy (non-hydrogen) atoms. The molecular weight excluding hydrogens is 246 g/mol. The molecule has 0 bridgehead atoms. The molecule has 0 spiro atoms. The molecule has 104 valence electrons. The smallest absolute Gasteiger partial charge is 0.213 e. The topological polar surface area (TPSA) is 22.1 Å². The van der Waals surface area contributed by atoms with Crippen LogP contribution < -0.4 is 4.74 Å². The van der Waals surface area contributed by atoms with Crippen LogP contribution in [0.3, 0.4) is 0 Å². The van der Waals surface area contributed by atoms with Crippen molar-refractivity contribution < 1.29 is 4.74 Å². The summed E-state index contributed by atoms with van der Waals surface area (Å²) in [5.41, 5.74) is 2.38. The van der Waals surface area contributed by atoms with E-state index < -0.39 is 0 Å². The zero-order chi connectivity index (χ0) is 13.6. The first-order chi connectivity index (χ1) is 9.92. The third-order valence-corrected chi connectivity index (χ3v) is 4.00. The molecular formula is C18H21NO. The fourth-order valence-electron chi connectivity index (χ4n) is 2.87. The lowest BCUT2D eigenvalue weighted by Crippen LogP contribution is -2.07. The maximum absolute atomic E-state index is 5.81. The standard InChI is InChI=1S/C18H21NO/c1-3-8-15(9-4-1)14-20-18-13-7-12-17(19-18)16-10-5-2-6-11-16/h1,3-4,7-9,12-13,16H,2,5-6,10-11,14H2. The normalized spacial score (nSPS) is 16.0. The molecule has 2 heteroatoms. The summed E-state index contributed by atoms with van der Waals surface area (Å²) >= 11 is 0. The van der Waals surface area contributed by atoms with Crippen LogP contribution in [0, 0.1) is 0 Å². The SMILES string of the molecule is c1ccc(COc2cccc(C3CCCCC3)n2)cc1. The lowest BCUT2D eigenvalue weighted by atomic mass is 9.87. The van der Waals surface area contributed by atoms with Gasteiger partial charge in [0, 0.05) is 17.7 Å². The maximum Gasteiger partial charge on any atom is 0.213 e. The van der Waals surface area contributed by atoms with Gasteiger partial charge in [-0.1, -0.05) is 55.7 Å². The molecule has 1 aliphatic carbocycles. The number of aromatic nitrogens is 1. The van der Waals surface area contributed by atoms with Gasteiger partial charge in [0.05, 0.1) is 0 Å². The number of hydrogen-bond donors (Lipinski definition) is 0. The Hall–Kier alpha value is -1.83. The summed E-state index contributed by atoms with van der Waals surface area (Å²) in [5.74, 6) is 1.38. The first-order valence-corrected chi connectivity index (χ1v) is 7.55. The van der Waals surface area contributed by atoms with Crippen molar-refractivity contribution in [3.63, 3.8) is 0 Å². The van der Waals surface area contributed by atoms with Gasteiger partial charge in [-0.05, 0) is 24.5 Å². The molecule has 2 nitrogen and oxygen atoms in total. The number of hydrogen-bond acceptors (Lipinski definition) is 2. The quantitative estimate of drug-likeness (QED) is 0.800. The summed E-state index contributed by atoms with van der Waals surface area (Å²) in [5, 5.41) is 0. The van der Waals surface area contributed by atoms with Crippen LogP contribution in [0.15, 0.2) is 48.5 Å². The van der Waals surface area contributed by atoms with Crippen LogP contribution in [-0.2, 0) is 6.61 Å². The van der Waals surface area contributed by atoms with Crippen LogP contribution >= 0.6 is 0 Å². The van der Waals surface area contributed by atoms with Crippen LogP contribution in [0.1, 0.15) is 49.3 Å². The molecule has 0 N–H and O–H groups in total. The lowest BCUT2D eigenvalue weighted by Gasteiger charge is -2.21. The van der Waals surface area contributed by atoms with E-state index in [2.05, 4.69) is 29.2 Å². The molecule has 1 heterocycles. The van der Waals surface area contributed by atoms with Gasteiger partial charge in [-0.2, -0.15) is 0 Å². The summed E-state index contributed by atoms with van der Waals surface area (Å²) in [4.78, 5) is 4.69. The van der Waals surface area contributed by atoms with E-state index >= 15 is 0 Å². The molecule has 0 atom stereocenters. The molecule has 1 aromatic heterocycles. The Kier molecular flexibility index (Phi) is 4.32. The number of ether oxygens (including phenoxy) is 1. The van der Waals surface area contributed by atoms with Gasteiger partial charge in [-0.15, -0.1) is 0 Å². The van der Waals surface area contributed by atoms with Crippen LogP contribution in [0.2, 0.25) is 0 Å². The minimum Gasteiger partial charge on any atom is -0.473 e. The van der Waals surface area contributed by atoms with Gasteiger partial charge in [0.2, 0.25) is 5.88 Å². The molecule has 0 saturated heterocycles. The van der Waals surface area contributed by atoms with E-state index in [1.54, 1.807) is 0 Å². The van der Waals surface area contributed by atoms with Crippen molar-refractivity contribution in [2.45, 2.75) is 44.6 Å². The van der Waals surface area contributed by atoms with Crippen molar-refractivity contribution in [3.05, 3.63) is 59.8 Å². The minimum absolute atomic E-state index is 0.585. The maximum atomic E-state index is 5.81. The highest BCUT2D eigenvalue weighted by molar-refractivity contribution is 5.20. The zero-order valence-corrected chi connectivity index (χ0v) is 11.8. The van der Waals surface area contributed by atoms with Crippen molar-refractivity contribution in [2.75, 3.05) is 0 Å². The van der Waals surface area contributed by atoms with Gasteiger partial charge in [-0.25, -0.2) is 4.98 Å². The summed E-state index contributed by atoms with van der Waals surface area (Å²) in [6.07, 6.45) is 6.59. The fourth-order valence-corrected chi connectivity index (χ4v) is 2.87. The highest BCUT2D eigenvalue weighted by Crippen LogP contribution is 2.32. The van der Waals surface area contributed by atoms with Crippen molar-refractivity contribution in [2.24, 2.45) is 0 Å². The number of benzene rings is 1. The van der Waals surface area contributed by atoms with E-state index in [4.69, 9.17) is 4.74 Å². The Morgan fingerprint density at radius 1 is 0.900 bits per heavy atom. The van der Waals surface area contributed by atoms with Crippen LogP contribution in [0.4, 0.5) is 0 Å². The fraction of sp³-hybridized carbons (Fsp3) is 0.389. The largest absolute Gasteiger partial charge is 0.473 e. The molecule has 0 radical (unpaired) electrons. The lowest BCUT2D eigenvalue weighted by molar-refractivity contribution is 0.291. The summed E-state index contributed by atoms with van der Waals surface area (Å²) in [6, 6.07) is 16.4. The molecule has 2 aromatic rings. The number of pyridine rings is 1. The van der Waals surface area contributed by atoms with Crippen molar-refractivity contribution in [3.8, 4) is 5.88 Å². The molecule has 1 aliphatic rings. The van der Waals surface area contributed by atoms with Crippen molar-refractivity contribution in [1.29, 1.82) is 0 Å². The highest BCUT2D eigenvalue weighted by Gasteiger charge is 2.16. The second kappa shape index (κ2) is 6.56. The average Bonchev–Trinajstić information content (AvgIpc) is 2.55. The van der Waals surface area contributed by atoms with E-state index in [1.807, 2.05) is 24.3 Å². The van der Waals surface area contributed by atoms with Gasteiger partial charge < -0.3 is 4.74 Å². The van der Waals surface area contributed by atoms with E-state index in [0.717, 1.165) is 5.88 Å². The van der Waals surface area contributed by atoms with Crippen LogP contribution in [-0.4, -0.2) is 4.98 Å². The molecule has 1 fully saturated rings. The molecule has 0 amide bonds.